The van der Waals surface area contributed by atoms with E-state index < -0.39 is 24.3 Å². The summed E-state index contributed by atoms with van der Waals surface area (Å²) in [5, 5.41) is 8.84. The zero-order chi connectivity index (χ0) is 18.1. The van der Waals surface area contributed by atoms with Crippen LogP contribution >= 0.6 is 12.4 Å². The van der Waals surface area contributed by atoms with Gasteiger partial charge in [-0.25, -0.2) is 9.59 Å². The molecule has 10 heteroatoms. The molecule has 0 radical (unpaired) electrons. The SMILES string of the molecule is CCOC(=O)Oc1ccc(C[C@H](N)C(=O)O)cc1OC(=O)OCC.Cl. The van der Waals surface area contributed by atoms with Crippen LogP contribution in [0.5, 0.6) is 11.5 Å². The summed E-state index contributed by atoms with van der Waals surface area (Å²) in [7, 11) is 0. The van der Waals surface area contributed by atoms with Gasteiger partial charge in [-0.15, -0.1) is 12.4 Å². The Morgan fingerprint density at radius 3 is 2.04 bits per heavy atom. The van der Waals surface area contributed by atoms with Gasteiger partial charge in [0.05, 0.1) is 13.2 Å². The number of halogens is 1. The predicted octanol–water partition coefficient (Wildman–Crippen LogP) is 2.13. The third kappa shape index (κ3) is 7.73. The maximum absolute atomic E-state index is 11.5. The van der Waals surface area contributed by atoms with Crippen molar-refractivity contribution in [1.29, 1.82) is 0 Å². The topological polar surface area (TPSA) is 134 Å². The zero-order valence-corrected chi connectivity index (χ0v) is 14.5. The first-order chi connectivity index (χ1) is 11.4. The van der Waals surface area contributed by atoms with Gasteiger partial charge in [0.2, 0.25) is 0 Å². The van der Waals surface area contributed by atoms with Crippen molar-refractivity contribution in [2.75, 3.05) is 13.2 Å². The van der Waals surface area contributed by atoms with E-state index in [9.17, 15) is 14.4 Å². The maximum Gasteiger partial charge on any atom is 0.513 e. The number of hydrogen-bond acceptors (Lipinski definition) is 8. The molecule has 0 saturated heterocycles. The standard InChI is InChI=1S/C15H19NO8.ClH/c1-3-21-14(19)23-11-6-5-9(7-10(16)13(17)18)8-12(11)24-15(20)22-4-2;/h5-6,8,10H,3-4,7,16H2,1-2H3,(H,17,18);1H/t10-;/m0./s1. The van der Waals surface area contributed by atoms with E-state index in [1.165, 1.54) is 18.2 Å². The van der Waals surface area contributed by atoms with E-state index in [2.05, 4.69) is 9.47 Å². The van der Waals surface area contributed by atoms with Crippen molar-refractivity contribution in [3.05, 3.63) is 23.8 Å². The molecule has 25 heavy (non-hydrogen) atoms. The van der Waals surface area contributed by atoms with Crippen LogP contribution in [0.3, 0.4) is 0 Å². The summed E-state index contributed by atoms with van der Waals surface area (Å²) in [5.74, 6) is -1.36. The van der Waals surface area contributed by atoms with Crippen LogP contribution in [-0.4, -0.2) is 42.6 Å². The van der Waals surface area contributed by atoms with Crippen LogP contribution in [0.1, 0.15) is 19.4 Å². The number of carbonyl (C=O) groups excluding carboxylic acids is 2. The third-order valence-corrected chi connectivity index (χ3v) is 2.69. The first-order valence-corrected chi connectivity index (χ1v) is 7.17. The number of nitrogens with two attached hydrogens (primary N) is 1. The molecule has 0 aliphatic carbocycles. The summed E-state index contributed by atoms with van der Waals surface area (Å²) in [6.45, 7) is 3.40. The van der Waals surface area contributed by atoms with Crippen LogP contribution in [-0.2, 0) is 20.7 Å². The molecule has 0 heterocycles. The number of benzene rings is 1. The van der Waals surface area contributed by atoms with Gasteiger partial charge in [-0.1, -0.05) is 6.07 Å². The van der Waals surface area contributed by atoms with E-state index >= 15 is 0 Å². The molecule has 0 bridgehead atoms. The lowest BCUT2D eigenvalue weighted by atomic mass is 10.1. The normalized spacial score (nSPS) is 10.8. The van der Waals surface area contributed by atoms with E-state index in [0.717, 1.165) is 0 Å². The molecule has 1 rings (SSSR count). The Labute approximate surface area is 150 Å². The van der Waals surface area contributed by atoms with Crippen molar-refractivity contribution in [2.45, 2.75) is 26.3 Å². The van der Waals surface area contributed by atoms with Crippen LogP contribution in [0.15, 0.2) is 18.2 Å². The van der Waals surface area contributed by atoms with Gasteiger partial charge in [0.15, 0.2) is 11.5 Å². The summed E-state index contributed by atoms with van der Waals surface area (Å²) in [4.78, 5) is 33.7. The highest BCUT2D eigenvalue weighted by atomic mass is 35.5. The first kappa shape index (κ1) is 22.5. The molecule has 140 valence electrons. The van der Waals surface area contributed by atoms with Crippen LogP contribution in [0.25, 0.3) is 0 Å². The second-order valence-corrected chi connectivity index (χ2v) is 4.50. The molecule has 0 saturated carbocycles. The Balaban J connectivity index is 0.00000576. The van der Waals surface area contributed by atoms with E-state index in [1.54, 1.807) is 13.8 Å². The van der Waals surface area contributed by atoms with Gasteiger partial charge in [0.25, 0.3) is 0 Å². The fraction of sp³-hybridized carbons (Fsp3) is 0.400. The third-order valence-electron chi connectivity index (χ3n) is 2.69. The molecule has 0 spiro atoms. The molecule has 1 aromatic carbocycles. The van der Waals surface area contributed by atoms with Crippen molar-refractivity contribution in [3.8, 4) is 11.5 Å². The van der Waals surface area contributed by atoms with Gasteiger partial charge in [-0.05, 0) is 38.0 Å². The Kier molecular flexibility index (Phi) is 9.99. The number of ether oxygens (including phenoxy) is 4. The monoisotopic (exact) mass is 377 g/mol. The smallest absolute Gasteiger partial charge is 0.480 e. The van der Waals surface area contributed by atoms with E-state index in [4.69, 9.17) is 20.3 Å². The summed E-state index contributed by atoms with van der Waals surface area (Å²) in [6, 6.07) is 3.05. The summed E-state index contributed by atoms with van der Waals surface area (Å²) in [6.07, 6.45) is -1.97. The lowest BCUT2D eigenvalue weighted by Crippen LogP contribution is -2.32. The summed E-state index contributed by atoms with van der Waals surface area (Å²) < 4.78 is 19.2. The predicted molar refractivity (Wildman–Crippen MR) is 88.3 cm³/mol. The second-order valence-electron chi connectivity index (χ2n) is 4.50. The molecule has 0 aromatic heterocycles. The average Bonchev–Trinajstić information content (AvgIpc) is 2.50. The molecule has 1 aromatic rings. The van der Waals surface area contributed by atoms with Crippen LogP contribution in [0.4, 0.5) is 9.59 Å². The average molecular weight is 378 g/mol. The molecule has 0 aliphatic rings. The van der Waals surface area contributed by atoms with E-state index in [-0.39, 0.29) is 43.5 Å². The molecule has 0 aliphatic heterocycles. The van der Waals surface area contributed by atoms with Crippen LogP contribution in [0, 0.1) is 0 Å². The number of aliphatic carboxylic acids is 1. The lowest BCUT2D eigenvalue weighted by Gasteiger charge is -2.13. The second kappa shape index (κ2) is 11.1. The number of rotatable bonds is 7. The Hall–Kier alpha value is -2.52. The molecule has 3 N–H and O–H groups in total. The van der Waals surface area contributed by atoms with E-state index in [1.807, 2.05) is 0 Å². The van der Waals surface area contributed by atoms with E-state index in [0.29, 0.717) is 5.56 Å². The number of hydrogen-bond donors (Lipinski definition) is 2. The van der Waals surface area contributed by atoms with Gasteiger partial charge in [-0.3, -0.25) is 4.79 Å². The Morgan fingerprint density at radius 1 is 1.04 bits per heavy atom. The number of carboxylic acids is 1. The lowest BCUT2D eigenvalue weighted by molar-refractivity contribution is -0.138. The number of carbonyl (C=O) groups is 3. The molecule has 0 unspecified atom stereocenters. The highest BCUT2D eigenvalue weighted by Gasteiger charge is 2.18. The van der Waals surface area contributed by atoms with Gasteiger partial charge in [-0.2, -0.15) is 0 Å². The molecular weight excluding hydrogens is 358 g/mol. The van der Waals surface area contributed by atoms with Gasteiger partial charge in [0, 0.05) is 0 Å². The van der Waals surface area contributed by atoms with Crippen molar-refractivity contribution < 1.29 is 38.4 Å². The Bertz CT molecular complexity index is 607. The van der Waals surface area contributed by atoms with Gasteiger partial charge >= 0.3 is 18.3 Å². The Morgan fingerprint density at radius 2 is 1.56 bits per heavy atom. The molecule has 9 nitrogen and oxygen atoms in total. The highest BCUT2D eigenvalue weighted by molar-refractivity contribution is 5.85. The minimum Gasteiger partial charge on any atom is -0.480 e. The van der Waals surface area contributed by atoms with Gasteiger partial charge in [0.1, 0.15) is 6.04 Å². The first-order valence-electron chi connectivity index (χ1n) is 7.17. The van der Waals surface area contributed by atoms with Gasteiger partial charge < -0.3 is 29.8 Å². The molecule has 0 amide bonds. The minimum atomic E-state index is -1.17. The highest BCUT2D eigenvalue weighted by Crippen LogP contribution is 2.29. The number of carboxylic acid groups (broad SMARTS) is 1. The van der Waals surface area contributed by atoms with Crippen molar-refractivity contribution in [1.82, 2.24) is 0 Å². The fourth-order valence-electron chi connectivity index (χ4n) is 1.66. The summed E-state index contributed by atoms with van der Waals surface area (Å²) >= 11 is 0. The quantitative estimate of drug-likeness (QED) is 0.541. The maximum atomic E-state index is 11.5. The van der Waals surface area contributed by atoms with Crippen LogP contribution in [0.2, 0.25) is 0 Å². The largest absolute Gasteiger partial charge is 0.513 e. The summed E-state index contributed by atoms with van der Waals surface area (Å²) in [5.41, 5.74) is 5.94. The van der Waals surface area contributed by atoms with Crippen molar-refractivity contribution in [2.24, 2.45) is 5.73 Å². The molecule has 0 fully saturated rings. The molecule has 1 atom stereocenters. The zero-order valence-electron chi connectivity index (χ0n) is 13.7. The van der Waals surface area contributed by atoms with Crippen LogP contribution < -0.4 is 15.2 Å². The van der Waals surface area contributed by atoms with Crippen molar-refractivity contribution >= 4 is 30.7 Å². The molecular formula is C15H20ClNO8. The minimum absolute atomic E-state index is 0. The van der Waals surface area contributed by atoms with Crippen molar-refractivity contribution in [3.63, 3.8) is 0 Å². The fourth-order valence-corrected chi connectivity index (χ4v) is 1.66.